The lowest BCUT2D eigenvalue weighted by Gasteiger charge is -2.13. The number of carbonyl (C=O) groups is 1. The number of hydrogen-bond donors (Lipinski definition) is 1. The number of halogens is 3. The van der Waals surface area contributed by atoms with Crippen molar-refractivity contribution in [2.75, 3.05) is 7.11 Å². The van der Waals surface area contributed by atoms with Crippen LogP contribution in [0.1, 0.15) is 17.2 Å². The van der Waals surface area contributed by atoms with Gasteiger partial charge in [0.2, 0.25) is 6.10 Å². The summed E-state index contributed by atoms with van der Waals surface area (Å²) in [6, 6.07) is 3.89. The molecule has 0 aliphatic carbocycles. The van der Waals surface area contributed by atoms with Gasteiger partial charge in [0.25, 0.3) is 0 Å². The smallest absolute Gasteiger partial charge is 0.416 e. The third-order valence-corrected chi connectivity index (χ3v) is 2.09. The second-order valence-electron chi connectivity index (χ2n) is 3.16. The molecule has 0 radical (unpaired) electrons. The van der Waals surface area contributed by atoms with Crippen molar-refractivity contribution in [2.24, 2.45) is 5.90 Å². The number of alkyl halides is 3. The molecule has 0 amide bonds. The summed E-state index contributed by atoms with van der Waals surface area (Å²) in [6.45, 7) is 0. The summed E-state index contributed by atoms with van der Waals surface area (Å²) in [5, 5.41) is 0. The lowest BCUT2D eigenvalue weighted by Crippen LogP contribution is -2.20. The number of benzene rings is 1. The zero-order valence-electron chi connectivity index (χ0n) is 8.82. The molecule has 1 atom stereocenters. The molecular weight excluding hydrogens is 239 g/mol. The van der Waals surface area contributed by atoms with E-state index in [-0.39, 0.29) is 5.56 Å². The number of carbonyl (C=O) groups excluding carboxylic acids is 1. The molecule has 2 N–H and O–H groups in total. The van der Waals surface area contributed by atoms with Gasteiger partial charge in [-0.15, -0.1) is 0 Å². The summed E-state index contributed by atoms with van der Waals surface area (Å²) in [4.78, 5) is 15.5. The van der Waals surface area contributed by atoms with Gasteiger partial charge in [0.1, 0.15) is 0 Å². The molecule has 0 aliphatic rings. The Labute approximate surface area is 95.1 Å². The number of hydrogen-bond acceptors (Lipinski definition) is 4. The van der Waals surface area contributed by atoms with Crippen LogP contribution in [0.2, 0.25) is 0 Å². The maximum absolute atomic E-state index is 12.3. The summed E-state index contributed by atoms with van der Waals surface area (Å²) < 4.78 is 41.2. The topological polar surface area (TPSA) is 61.5 Å². The molecule has 0 heterocycles. The van der Waals surface area contributed by atoms with Crippen LogP contribution >= 0.6 is 0 Å². The minimum Gasteiger partial charge on any atom is -0.467 e. The highest BCUT2D eigenvalue weighted by atomic mass is 19.4. The summed E-state index contributed by atoms with van der Waals surface area (Å²) in [5.41, 5.74) is -0.630. The number of rotatable bonds is 3. The van der Waals surface area contributed by atoms with Crippen molar-refractivity contribution < 1.29 is 27.5 Å². The van der Waals surface area contributed by atoms with Crippen LogP contribution in [-0.2, 0) is 20.5 Å². The van der Waals surface area contributed by atoms with Crippen molar-refractivity contribution in [2.45, 2.75) is 12.3 Å². The summed E-state index contributed by atoms with van der Waals surface area (Å²) in [7, 11) is 1.12. The molecule has 0 aliphatic heterocycles. The van der Waals surface area contributed by atoms with Gasteiger partial charge in [0.15, 0.2) is 0 Å². The molecule has 1 rings (SSSR count). The largest absolute Gasteiger partial charge is 0.467 e. The van der Waals surface area contributed by atoms with Crippen molar-refractivity contribution in [3.05, 3.63) is 35.4 Å². The molecule has 0 spiro atoms. The van der Waals surface area contributed by atoms with E-state index in [1.54, 1.807) is 0 Å². The molecule has 4 nitrogen and oxygen atoms in total. The Morgan fingerprint density at radius 2 is 1.82 bits per heavy atom. The lowest BCUT2D eigenvalue weighted by molar-refractivity contribution is -0.155. The van der Waals surface area contributed by atoms with E-state index in [9.17, 15) is 18.0 Å². The molecule has 1 unspecified atom stereocenters. The standard InChI is InChI=1S/C10H10F3NO3/c1-16-9(15)8(17-14)6-2-4-7(5-3-6)10(11,12)13/h2-5,8H,14H2,1H3. The number of nitrogens with two attached hydrogens (primary N) is 1. The van der Waals surface area contributed by atoms with E-state index >= 15 is 0 Å². The highest BCUT2D eigenvalue weighted by Gasteiger charge is 2.31. The maximum Gasteiger partial charge on any atom is 0.416 e. The van der Waals surface area contributed by atoms with Crippen LogP contribution in [0.4, 0.5) is 13.2 Å². The van der Waals surface area contributed by atoms with Crippen LogP contribution in [0, 0.1) is 0 Å². The molecule has 0 aromatic heterocycles. The monoisotopic (exact) mass is 249 g/mol. The fourth-order valence-corrected chi connectivity index (χ4v) is 1.22. The van der Waals surface area contributed by atoms with Gasteiger partial charge in [-0.25, -0.2) is 10.7 Å². The van der Waals surface area contributed by atoms with Gasteiger partial charge < -0.3 is 4.74 Å². The Balaban J connectivity index is 2.97. The van der Waals surface area contributed by atoms with Crippen molar-refractivity contribution in [1.82, 2.24) is 0 Å². The van der Waals surface area contributed by atoms with E-state index in [0.29, 0.717) is 0 Å². The number of methoxy groups -OCH3 is 1. The lowest BCUT2D eigenvalue weighted by atomic mass is 10.1. The van der Waals surface area contributed by atoms with Gasteiger partial charge in [-0.1, -0.05) is 12.1 Å². The molecule has 94 valence electrons. The molecule has 7 heteroatoms. The van der Waals surface area contributed by atoms with Crippen LogP contribution in [0.3, 0.4) is 0 Å². The van der Waals surface area contributed by atoms with Crippen LogP contribution in [0.5, 0.6) is 0 Å². The van der Waals surface area contributed by atoms with E-state index in [1.807, 2.05) is 0 Å². The average Bonchev–Trinajstić information content (AvgIpc) is 2.29. The first-order valence-corrected chi connectivity index (χ1v) is 4.50. The van der Waals surface area contributed by atoms with E-state index in [0.717, 1.165) is 31.4 Å². The zero-order chi connectivity index (χ0) is 13.1. The average molecular weight is 249 g/mol. The normalized spacial score (nSPS) is 13.2. The number of ether oxygens (including phenoxy) is 1. The predicted molar refractivity (Wildman–Crippen MR) is 51.5 cm³/mol. The Kier molecular flexibility index (Phi) is 4.08. The van der Waals surface area contributed by atoms with E-state index in [4.69, 9.17) is 5.90 Å². The molecule has 0 fully saturated rings. The van der Waals surface area contributed by atoms with Crippen molar-refractivity contribution in [1.29, 1.82) is 0 Å². The van der Waals surface area contributed by atoms with Gasteiger partial charge in [-0.2, -0.15) is 13.2 Å². The summed E-state index contributed by atoms with van der Waals surface area (Å²) in [5.74, 6) is 4.10. The van der Waals surface area contributed by atoms with Crippen molar-refractivity contribution in [3.63, 3.8) is 0 Å². The second kappa shape index (κ2) is 5.15. The van der Waals surface area contributed by atoms with Crippen LogP contribution in [0.15, 0.2) is 24.3 Å². The summed E-state index contributed by atoms with van der Waals surface area (Å²) >= 11 is 0. The van der Waals surface area contributed by atoms with Gasteiger partial charge >= 0.3 is 12.1 Å². The first kappa shape index (κ1) is 13.5. The van der Waals surface area contributed by atoms with Gasteiger partial charge in [0, 0.05) is 0 Å². The highest BCUT2D eigenvalue weighted by molar-refractivity contribution is 5.76. The fourth-order valence-electron chi connectivity index (χ4n) is 1.22. The minimum atomic E-state index is -4.43. The molecule has 0 saturated heterocycles. The maximum atomic E-state index is 12.3. The molecule has 1 aromatic rings. The Hall–Kier alpha value is -1.60. The van der Waals surface area contributed by atoms with Crippen LogP contribution in [0.25, 0.3) is 0 Å². The van der Waals surface area contributed by atoms with Crippen LogP contribution in [-0.4, -0.2) is 13.1 Å². The van der Waals surface area contributed by atoms with E-state index < -0.39 is 23.8 Å². The Bertz CT molecular complexity index is 389. The first-order valence-electron chi connectivity index (χ1n) is 4.50. The third kappa shape index (κ3) is 3.18. The SMILES string of the molecule is COC(=O)C(ON)c1ccc(C(F)(F)F)cc1. The highest BCUT2D eigenvalue weighted by Crippen LogP contribution is 2.30. The molecule has 0 saturated carbocycles. The second-order valence-corrected chi connectivity index (χ2v) is 3.16. The molecule has 0 bridgehead atoms. The first-order chi connectivity index (χ1) is 7.90. The van der Waals surface area contributed by atoms with Gasteiger partial charge in [-0.05, 0) is 17.7 Å². The molecule has 17 heavy (non-hydrogen) atoms. The Morgan fingerprint density at radius 3 is 2.18 bits per heavy atom. The quantitative estimate of drug-likeness (QED) is 0.655. The molecular formula is C10H10F3NO3. The predicted octanol–water partition coefficient (Wildman–Crippen LogP) is 1.81. The third-order valence-electron chi connectivity index (χ3n) is 2.09. The van der Waals surface area contributed by atoms with Crippen LogP contribution < -0.4 is 5.90 Å². The van der Waals surface area contributed by atoms with E-state index in [2.05, 4.69) is 9.57 Å². The minimum absolute atomic E-state index is 0.187. The zero-order valence-corrected chi connectivity index (χ0v) is 8.82. The van der Waals surface area contributed by atoms with E-state index in [1.165, 1.54) is 0 Å². The number of esters is 1. The fraction of sp³-hybridized carbons (Fsp3) is 0.300. The Morgan fingerprint density at radius 1 is 1.29 bits per heavy atom. The van der Waals surface area contributed by atoms with Gasteiger partial charge in [0.05, 0.1) is 12.7 Å². The van der Waals surface area contributed by atoms with Gasteiger partial charge in [-0.3, -0.25) is 4.84 Å². The summed E-state index contributed by atoms with van der Waals surface area (Å²) in [6.07, 6.45) is -5.66. The van der Waals surface area contributed by atoms with Crippen molar-refractivity contribution >= 4 is 5.97 Å². The van der Waals surface area contributed by atoms with Crippen molar-refractivity contribution in [3.8, 4) is 0 Å². The molecule has 1 aromatic carbocycles.